The average molecular weight is 296 g/mol. The van der Waals surface area contributed by atoms with Crippen molar-refractivity contribution in [2.75, 3.05) is 0 Å². The number of aromatic carboxylic acids is 1. The van der Waals surface area contributed by atoms with Gasteiger partial charge in [0.15, 0.2) is 0 Å². The lowest BCUT2D eigenvalue weighted by molar-refractivity contribution is 0.0702. The average Bonchev–Trinajstić information content (AvgIpc) is 2.85. The van der Waals surface area contributed by atoms with Crippen LogP contribution in [0.1, 0.15) is 33.1 Å². The SMILES string of the molecule is CC(NCc1ccc(C(=O)O)s1)c1cccc(Cl)c1. The van der Waals surface area contributed by atoms with Crippen LogP contribution in [0.25, 0.3) is 0 Å². The lowest BCUT2D eigenvalue weighted by atomic mass is 10.1. The molecule has 1 heterocycles. The molecule has 1 aromatic carbocycles. The van der Waals surface area contributed by atoms with Gasteiger partial charge in [-0.15, -0.1) is 11.3 Å². The predicted molar refractivity (Wildman–Crippen MR) is 78.0 cm³/mol. The second-order valence-electron chi connectivity index (χ2n) is 4.23. The van der Waals surface area contributed by atoms with E-state index in [9.17, 15) is 4.79 Å². The zero-order valence-electron chi connectivity index (χ0n) is 10.4. The first kappa shape index (κ1) is 14.1. The van der Waals surface area contributed by atoms with E-state index in [1.807, 2.05) is 30.3 Å². The van der Waals surface area contributed by atoms with Crippen LogP contribution in [-0.4, -0.2) is 11.1 Å². The lowest BCUT2D eigenvalue weighted by Gasteiger charge is -2.13. The summed E-state index contributed by atoms with van der Waals surface area (Å²) in [6, 6.07) is 11.3. The zero-order chi connectivity index (χ0) is 13.8. The van der Waals surface area contributed by atoms with Crippen LogP contribution in [0.3, 0.4) is 0 Å². The first-order chi connectivity index (χ1) is 9.06. The number of carboxylic acid groups (broad SMARTS) is 1. The van der Waals surface area contributed by atoms with Crippen LogP contribution < -0.4 is 5.32 Å². The van der Waals surface area contributed by atoms with E-state index in [1.54, 1.807) is 6.07 Å². The fraction of sp³-hybridized carbons (Fsp3) is 0.214. The second-order valence-corrected chi connectivity index (χ2v) is 5.83. The number of nitrogens with one attached hydrogen (secondary N) is 1. The third kappa shape index (κ3) is 3.80. The normalized spacial score (nSPS) is 12.3. The number of halogens is 1. The van der Waals surface area contributed by atoms with Crippen LogP contribution in [0.15, 0.2) is 36.4 Å². The first-order valence-electron chi connectivity index (χ1n) is 5.87. The summed E-state index contributed by atoms with van der Waals surface area (Å²) in [5.74, 6) is -0.876. The minimum Gasteiger partial charge on any atom is -0.477 e. The highest BCUT2D eigenvalue weighted by molar-refractivity contribution is 7.13. The highest BCUT2D eigenvalue weighted by Crippen LogP contribution is 2.20. The van der Waals surface area contributed by atoms with Gasteiger partial charge in [-0.25, -0.2) is 4.79 Å². The molecule has 0 spiro atoms. The molecule has 5 heteroatoms. The molecular formula is C14H14ClNO2S. The maximum atomic E-state index is 10.8. The molecular weight excluding hydrogens is 282 g/mol. The smallest absolute Gasteiger partial charge is 0.345 e. The van der Waals surface area contributed by atoms with E-state index < -0.39 is 5.97 Å². The number of carbonyl (C=O) groups is 1. The van der Waals surface area contributed by atoms with E-state index in [1.165, 1.54) is 11.3 Å². The second kappa shape index (κ2) is 6.19. The Morgan fingerprint density at radius 3 is 2.84 bits per heavy atom. The van der Waals surface area contributed by atoms with Crippen LogP contribution in [0, 0.1) is 0 Å². The molecule has 0 radical (unpaired) electrons. The molecule has 1 aromatic heterocycles. The van der Waals surface area contributed by atoms with Crippen molar-refractivity contribution in [2.24, 2.45) is 0 Å². The molecule has 0 fully saturated rings. The number of rotatable bonds is 5. The van der Waals surface area contributed by atoms with Gasteiger partial charge in [-0.05, 0) is 36.8 Å². The van der Waals surface area contributed by atoms with E-state index in [4.69, 9.17) is 16.7 Å². The van der Waals surface area contributed by atoms with Gasteiger partial charge < -0.3 is 10.4 Å². The van der Waals surface area contributed by atoms with Crippen LogP contribution in [0.2, 0.25) is 5.02 Å². The van der Waals surface area contributed by atoms with Gasteiger partial charge in [-0.1, -0.05) is 23.7 Å². The summed E-state index contributed by atoms with van der Waals surface area (Å²) in [4.78, 5) is 12.2. The third-order valence-electron chi connectivity index (χ3n) is 2.80. The highest BCUT2D eigenvalue weighted by atomic mass is 35.5. The van der Waals surface area contributed by atoms with Crippen molar-refractivity contribution in [3.8, 4) is 0 Å². The van der Waals surface area contributed by atoms with Crippen molar-refractivity contribution in [3.63, 3.8) is 0 Å². The molecule has 1 atom stereocenters. The topological polar surface area (TPSA) is 49.3 Å². The Balaban J connectivity index is 1.96. The summed E-state index contributed by atoms with van der Waals surface area (Å²) >= 11 is 7.25. The van der Waals surface area contributed by atoms with Gasteiger partial charge in [-0.3, -0.25) is 0 Å². The van der Waals surface area contributed by atoms with E-state index in [-0.39, 0.29) is 6.04 Å². The van der Waals surface area contributed by atoms with Gasteiger partial charge in [0.2, 0.25) is 0 Å². The summed E-state index contributed by atoms with van der Waals surface area (Å²) in [6.45, 7) is 2.70. The molecule has 0 saturated carbocycles. The summed E-state index contributed by atoms with van der Waals surface area (Å²) in [5, 5.41) is 12.9. The lowest BCUT2D eigenvalue weighted by Crippen LogP contribution is -2.17. The molecule has 0 saturated heterocycles. The van der Waals surface area contributed by atoms with Crippen molar-refractivity contribution < 1.29 is 9.90 Å². The van der Waals surface area contributed by atoms with Crippen molar-refractivity contribution >= 4 is 28.9 Å². The fourth-order valence-electron chi connectivity index (χ4n) is 1.74. The number of hydrogen-bond acceptors (Lipinski definition) is 3. The molecule has 0 bridgehead atoms. The minimum atomic E-state index is -0.876. The largest absolute Gasteiger partial charge is 0.477 e. The van der Waals surface area contributed by atoms with Crippen molar-refractivity contribution in [2.45, 2.75) is 19.5 Å². The van der Waals surface area contributed by atoms with Crippen LogP contribution in [0.4, 0.5) is 0 Å². The Hall–Kier alpha value is -1.36. The minimum absolute atomic E-state index is 0.161. The molecule has 0 aliphatic heterocycles. The molecule has 19 heavy (non-hydrogen) atoms. The molecule has 2 aromatic rings. The van der Waals surface area contributed by atoms with Crippen LogP contribution >= 0.6 is 22.9 Å². The monoisotopic (exact) mass is 295 g/mol. The fourth-order valence-corrected chi connectivity index (χ4v) is 2.73. The van der Waals surface area contributed by atoms with Crippen molar-refractivity contribution in [1.29, 1.82) is 0 Å². The number of carboxylic acids is 1. The summed E-state index contributed by atoms with van der Waals surface area (Å²) in [5.41, 5.74) is 1.11. The summed E-state index contributed by atoms with van der Waals surface area (Å²) in [7, 11) is 0. The molecule has 2 rings (SSSR count). The van der Waals surface area contributed by atoms with Gasteiger partial charge in [0.05, 0.1) is 0 Å². The van der Waals surface area contributed by atoms with Gasteiger partial charge in [-0.2, -0.15) is 0 Å². The summed E-state index contributed by atoms with van der Waals surface area (Å²) in [6.07, 6.45) is 0. The highest BCUT2D eigenvalue weighted by Gasteiger charge is 2.09. The quantitative estimate of drug-likeness (QED) is 0.878. The Morgan fingerprint density at radius 1 is 1.42 bits per heavy atom. The van der Waals surface area contributed by atoms with Crippen molar-refractivity contribution in [1.82, 2.24) is 5.32 Å². The molecule has 0 aliphatic rings. The van der Waals surface area contributed by atoms with Crippen molar-refractivity contribution in [3.05, 3.63) is 56.7 Å². The maximum Gasteiger partial charge on any atom is 0.345 e. The predicted octanol–water partition coefficient (Wildman–Crippen LogP) is 3.95. The molecule has 100 valence electrons. The van der Waals surface area contributed by atoms with Gasteiger partial charge in [0.1, 0.15) is 4.88 Å². The number of benzene rings is 1. The molecule has 1 unspecified atom stereocenters. The standard InChI is InChI=1S/C14H14ClNO2S/c1-9(10-3-2-4-11(15)7-10)16-8-12-5-6-13(19-12)14(17)18/h2-7,9,16H,8H2,1H3,(H,17,18). The van der Waals surface area contributed by atoms with E-state index in [0.29, 0.717) is 11.4 Å². The molecule has 3 nitrogen and oxygen atoms in total. The maximum absolute atomic E-state index is 10.8. The summed E-state index contributed by atoms with van der Waals surface area (Å²) < 4.78 is 0. The Morgan fingerprint density at radius 2 is 2.21 bits per heavy atom. The number of thiophene rings is 1. The third-order valence-corrected chi connectivity index (χ3v) is 4.11. The number of hydrogen-bond donors (Lipinski definition) is 2. The van der Waals surface area contributed by atoms with Gasteiger partial charge in [0.25, 0.3) is 0 Å². The van der Waals surface area contributed by atoms with Gasteiger partial charge >= 0.3 is 5.97 Å². The zero-order valence-corrected chi connectivity index (χ0v) is 12.0. The van der Waals surface area contributed by atoms with E-state index >= 15 is 0 Å². The molecule has 2 N–H and O–H groups in total. The Labute approximate surface area is 120 Å². The van der Waals surface area contributed by atoms with E-state index in [0.717, 1.165) is 15.5 Å². The van der Waals surface area contributed by atoms with Gasteiger partial charge in [0, 0.05) is 22.5 Å². The first-order valence-corrected chi connectivity index (χ1v) is 7.06. The van der Waals surface area contributed by atoms with Crippen LogP contribution in [-0.2, 0) is 6.54 Å². The van der Waals surface area contributed by atoms with Crippen LogP contribution in [0.5, 0.6) is 0 Å². The molecule has 0 amide bonds. The molecule has 0 aliphatic carbocycles. The Bertz CT molecular complexity index is 582. The van der Waals surface area contributed by atoms with E-state index in [2.05, 4.69) is 12.2 Å². The Kier molecular flexibility index (Phi) is 4.58.